The van der Waals surface area contributed by atoms with Crippen LogP contribution in [0.25, 0.3) is 11.3 Å². The van der Waals surface area contributed by atoms with Gasteiger partial charge in [0.2, 0.25) is 0 Å². The molecule has 1 heterocycles. The second-order valence-electron chi connectivity index (χ2n) is 10.2. The molecule has 2 aromatic rings. The fourth-order valence-electron chi connectivity index (χ4n) is 3.99. The molecule has 0 unspecified atom stereocenters. The van der Waals surface area contributed by atoms with Gasteiger partial charge in [0, 0.05) is 0 Å². The summed E-state index contributed by atoms with van der Waals surface area (Å²) in [6.45, 7) is 13.8. The van der Waals surface area contributed by atoms with Gasteiger partial charge in [0.25, 0.3) is 0 Å². The quantitative estimate of drug-likeness (QED) is 0.393. The van der Waals surface area contributed by atoms with E-state index in [9.17, 15) is 0 Å². The van der Waals surface area contributed by atoms with E-state index in [1.165, 1.54) is 35.2 Å². The van der Waals surface area contributed by atoms with Gasteiger partial charge in [-0.25, -0.2) is 0 Å². The number of rotatable bonds is 5. The molecule has 0 aliphatic heterocycles. The number of aryl methyl sites for hydroxylation is 2. The van der Waals surface area contributed by atoms with Gasteiger partial charge in [0.05, 0.1) is 0 Å². The van der Waals surface area contributed by atoms with Crippen molar-refractivity contribution >= 4 is 17.7 Å². The average Bonchev–Trinajstić information content (AvgIpc) is 2.55. The Kier molecular flexibility index (Phi) is 6.67. The Labute approximate surface area is 170 Å². The first-order valence-electron chi connectivity index (χ1n) is 10.6. The molecule has 2 rings (SSSR count). The van der Waals surface area contributed by atoms with Gasteiger partial charge in [0.15, 0.2) is 0 Å². The van der Waals surface area contributed by atoms with E-state index in [4.69, 9.17) is 0 Å². The summed E-state index contributed by atoms with van der Waals surface area (Å²) in [5.41, 5.74) is 7.28. The molecule has 0 spiro atoms. The van der Waals surface area contributed by atoms with E-state index in [1.807, 2.05) is 0 Å². The molecule has 0 bridgehead atoms. The predicted octanol–water partition coefficient (Wildman–Crippen LogP) is 6.23. The van der Waals surface area contributed by atoms with Crippen molar-refractivity contribution in [2.24, 2.45) is 7.05 Å². The van der Waals surface area contributed by atoms with Crippen molar-refractivity contribution in [2.75, 3.05) is 0 Å². The average molecular weight is 427 g/mol. The maximum atomic E-state index is 2.53. The molecule has 1 aromatic heterocycles. The molecule has 0 saturated carbocycles. The molecule has 0 N–H and O–H groups in total. The van der Waals surface area contributed by atoms with Crippen LogP contribution in [-0.2, 0) is 12.5 Å². The topological polar surface area (TPSA) is 3.88 Å². The van der Waals surface area contributed by atoms with Crippen LogP contribution >= 0.6 is 0 Å². The van der Waals surface area contributed by atoms with Gasteiger partial charge in [-0.3, -0.25) is 0 Å². The number of hydrogen-bond acceptors (Lipinski definition) is 0. The molecule has 0 fully saturated rings. The van der Waals surface area contributed by atoms with Gasteiger partial charge >= 0.3 is 171 Å². The maximum absolute atomic E-state index is 2.53. The Balaban J connectivity index is 2.77. The van der Waals surface area contributed by atoms with Crippen LogP contribution in [0.1, 0.15) is 70.1 Å². The zero-order valence-electron chi connectivity index (χ0n) is 19.3. The number of hydrogen-bond donors (Lipinski definition) is 0. The second-order valence-corrected chi connectivity index (χ2v) is 20.8. The molecular weight excluding hydrogens is 387 g/mol. The molecule has 0 amide bonds. The molecule has 1 aromatic carbocycles. The van der Waals surface area contributed by atoms with Gasteiger partial charge in [0.1, 0.15) is 0 Å². The summed E-state index contributed by atoms with van der Waals surface area (Å²) in [5, 5.41) is 0. The summed E-state index contributed by atoms with van der Waals surface area (Å²) in [7, 11) is 2.23. The van der Waals surface area contributed by atoms with Crippen molar-refractivity contribution in [3.63, 3.8) is 0 Å². The van der Waals surface area contributed by atoms with Gasteiger partial charge < -0.3 is 0 Å². The predicted molar refractivity (Wildman–Crippen MR) is 123 cm³/mol. The van der Waals surface area contributed by atoms with Crippen molar-refractivity contribution in [3.8, 4) is 11.3 Å². The minimum atomic E-state index is -1.95. The molecule has 27 heavy (non-hydrogen) atoms. The molecule has 0 saturated heterocycles. The van der Waals surface area contributed by atoms with E-state index in [0.717, 1.165) is 0 Å². The Morgan fingerprint density at radius 1 is 1.00 bits per heavy atom. The SMILES string of the molecule is CCC(CC)c1cc(-c2cc(C(C)(C)C)ccc2C)[n+](C)c[c]1[Ge]([CH3])([CH3])[CH3]. The van der Waals surface area contributed by atoms with Crippen LogP contribution < -0.4 is 8.96 Å². The van der Waals surface area contributed by atoms with Crippen molar-refractivity contribution in [1.82, 2.24) is 0 Å². The van der Waals surface area contributed by atoms with Crippen molar-refractivity contribution in [2.45, 2.75) is 83.0 Å². The van der Waals surface area contributed by atoms with Crippen LogP contribution in [0.4, 0.5) is 0 Å². The fraction of sp³-hybridized carbons (Fsp3) is 0.560. The van der Waals surface area contributed by atoms with Crippen molar-refractivity contribution in [1.29, 1.82) is 0 Å². The van der Waals surface area contributed by atoms with Crippen LogP contribution in [0.3, 0.4) is 0 Å². The first kappa shape index (κ1) is 22.2. The van der Waals surface area contributed by atoms with E-state index in [2.05, 4.69) is 101 Å². The summed E-state index contributed by atoms with van der Waals surface area (Å²) in [4.78, 5) is 0. The zero-order valence-corrected chi connectivity index (χ0v) is 21.4. The molecule has 2 heteroatoms. The molecular formula is C25H40GeN+. The summed E-state index contributed by atoms with van der Waals surface area (Å²) in [6.07, 6.45) is 4.90. The normalized spacial score (nSPS) is 12.7. The molecule has 0 radical (unpaired) electrons. The molecule has 148 valence electrons. The van der Waals surface area contributed by atoms with E-state index >= 15 is 0 Å². The first-order valence-corrected chi connectivity index (χ1v) is 17.9. The molecule has 0 aliphatic rings. The number of aromatic nitrogens is 1. The molecule has 1 nitrogen and oxygen atoms in total. The summed E-state index contributed by atoms with van der Waals surface area (Å²) in [5.74, 6) is 8.22. The van der Waals surface area contributed by atoms with Crippen molar-refractivity contribution in [3.05, 3.63) is 47.2 Å². The summed E-state index contributed by atoms with van der Waals surface area (Å²) < 4.78 is 4.05. The first-order chi connectivity index (χ1) is 12.4. The van der Waals surface area contributed by atoms with Crippen LogP contribution in [0.15, 0.2) is 30.5 Å². The van der Waals surface area contributed by atoms with Gasteiger partial charge in [-0.05, 0) is 0 Å². The van der Waals surface area contributed by atoms with Gasteiger partial charge in [-0.1, -0.05) is 0 Å². The zero-order chi connectivity index (χ0) is 20.6. The Bertz CT molecular complexity index is 802. The number of nitrogens with zero attached hydrogens (tertiary/aromatic N) is 1. The Hall–Kier alpha value is -1.09. The summed E-state index contributed by atoms with van der Waals surface area (Å²) >= 11 is -1.95. The van der Waals surface area contributed by atoms with Crippen LogP contribution in [0.2, 0.25) is 17.3 Å². The monoisotopic (exact) mass is 428 g/mol. The van der Waals surface area contributed by atoms with Gasteiger partial charge in [-0.2, -0.15) is 0 Å². The van der Waals surface area contributed by atoms with Crippen LogP contribution in [0.5, 0.6) is 0 Å². The summed E-state index contributed by atoms with van der Waals surface area (Å²) in [6, 6.07) is 9.53. The third-order valence-electron chi connectivity index (χ3n) is 5.92. The fourth-order valence-corrected chi connectivity index (χ4v) is 7.61. The van der Waals surface area contributed by atoms with E-state index in [0.29, 0.717) is 5.92 Å². The van der Waals surface area contributed by atoms with Gasteiger partial charge in [-0.15, -0.1) is 0 Å². The molecule has 0 aliphatic carbocycles. The van der Waals surface area contributed by atoms with E-state index < -0.39 is 13.3 Å². The van der Waals surface area contributed by atoms with Crippen LogP contribution in [-0.4, -0.2) is 13.3 Å². The third kappa shape index (κ3) is 4.85. The third-order valence-corrected chi connectivity index (χ3v) is 10.2. The van der Waals surface area contributed by atoms with E-state index in [1.54, 1.807) is 9.96 Å². The second kappa shape index (κ2) is 8.11. The number of benzene rings is 1. The number of pyridine rings is 1. The Morgan fingerprint density at radius 2 is 1.59 bits per heavy atom. The standard InChI is InChI=1S/C25H40GeN/c1-11-19(12-2)22-16-24(27(10)17-23(22)26(7,8)9)21-15-20(25(4,5)6)14-13-18(21)3/h13-17,19H,11-12H2,1-10H3/q+1. The van der Waals surface area contributed by atoms with E-state index in [-0.39, 0.29) is 5.41 Å². The minimum absolute atomic E-state index is 0.167. The van der Waals surface area contributed by atoms with Crippen LogP contribution in [0, 0.1) is 6.92 Å². The van der Waals surface area contributed by atoms with Crippen molar-refractivity contribution < 1.29 is 4.57 Å². The molecule has 0 atom stereocenters. The Morgan fingerprint density at radius 3 is 2.07 bits per heavy atom.